The number of benzene rings is 2. The third-order valence-corrected chi connectivity index (χ3v) is 4.69. The van der Waals surface area contributed by atoms with Crippen molar-refractivity contribution in [1.82, 2.24) is 5.32 Å². The molecule has 1 N–H and O–H groups in total. The highest BCUT2D eigenvalue weighted by Crippen LogP contribution is 2.45. The predicted octanol–water partition coefficient (Wildman–Crippen LogP) is 4.04. The second-order valence-electron chi connectivity index (χ2n) is 7.38. The van der Waals surface area contributed by atoms with E-state index in [2.05, 4.69) is 44.3 Å². The Bertz CT molecular complexity index is 793. The molecule has 0 fully saturated rings. The summed E-state index contributed by atoms with van der Waals surface area (Å²) in [6.45, 7) is 6.87. The lowest BCUT2D eigenvalue weighted by Gasteiger charge is -2.43. The fourth-order valence-corrected chi connectivity index (χ4v) is 3.69. The van der Waals surface area contributed by atoms with Crippen molar-refractivity contribution >= 4 is 11.7 Å². The fraction of sp³-hybridized carbons (Fsp3) is 0.350. The summed E-state index contributed by atoms with van der Waals surface area (Å²) >= 11 is 0. The molecule has 2 amide bonds. The van der Waals surface area contributed by atoms with Gasteiger partial charge < -0.3 is 10.1 Å². The zero-order valence-electron chi connectivity index (χ0n) is 14.3. The first kappa shape index (κ1) is 15.1. The van der Waals surface area contributed by atoms with Crippen LogP contribution in [0.4, 0.5) is 10.5 Å². The van der Waals surface area contributed by atoms with Crippen LogP contribution in [-0.4, -0.2) is 18.2 Å². The number of hydrogen-bond acceptors (Lipinski definition) is 2. The molecule has 4 nitrogen and oxygen atoms in total. The molecule has 0 spiro atoms. The summed E-state index contributed by atoms with van der Waals surface area (Å²) < 4.78 is 5.74. The number of fused-ring (bicyclic) bond motifs is 3. The van der Waals surface area contributed by atoms with Crippen LogP contribution >= 0.6 is 0 Å². The summed E-state index contributed by atoms with van der Waals surface area (Å²) in [6.07, 6.45) is 0.847. The summed E-state index contributed by atoms with van der Waals surface area (Å²) in [5.74, 6) is 0.907. The minimum atomic E-state index is -0.307. The molecule has 0 saturated carbocycles. The van der Waals surface area contributed by atoms with E-state index in [1.807, 2.05) is 29.2 Å². The smallest absolute Gasteiger partial charge is 0.323 e. The van der Waals surface area contributed by atoms with Crippen molar-refractivity contribution in [2.24, 2.45) is 0 Å². The van der Waals surface area contributed by atoms with E-state index < -0.39 is 0 Å². The van der Waals surface area contributed by atoms with Crippen molar-refractivity contribution in [3.05, 3.63) is 59.2 Å². The molecule has 0 radical (unpaired) electrons. The van der Waals surface area contributed by atoms with Crippen LogP contribution in [-0.2, 0) is 6.42 Å². The third kappa shape index (κ3) is 2.25. The highest BCUT2D eigenvalue weighted by molar-refractivity contribution is 5.98. The van der Waals surface area contributed by atoms with Crippen molar-refractivity contribution in [3.8, 4) is 5.75 Å². The molecule has 124 valence electrons. The molecule has 2 aromatic carbocycles. The minimum Gasteiger partial charge on any atom is -0.493 e. The summed E-state index contributed by atoms with van der Waals surface area (Å²) in [4.78, 5) is 14.8. The van der Waals surface area contributed by atoms with Crippen molar-refractivity contribution in [2.75, 3.05) is 11.5 Å². The second kappa shape index (κ2) is 5.26. The lowest BCUT2D eigenvalue weighted by Crippen LogP contribution is -2.55. The average Bonchev–Trinajstić information content (AvgIpc) is 3.02. The summed E-state index contributed by atoms with van der Waals surface area (Å²) in [6, 6.07) is 14.1. The zero-order chi connectivity index (χ0) is 16.9. The average molecular weight is 322 g/mol. The van der Waals surface area contributed by atoms with Gasteiger partial charge in [0.15, 0.2) is 0 Å². The Balaban J connectivity index is 1.94. The third-order valence-electron chi connectivity index (χ3n) is 4.69. The minimum absolute atomic E-state index is 0.0517. The summed E-state index contributed by atoms with van der Waals surface area (Å²) in [5, 5.41) is 3.18. The van der Waals surface area contributed by atoms with Gasteiger partial charge in [0.05, 0.1) is 18.3 Å². The first-order chi connectivity index (χ1) is 11.5. The molecule has 0 saturated heterocycles. The number of carbonyl (C=O) groups excluding carboxylic acids is 1. The molecule has 24 heavy (non-hydrogen) atoms. The number of amides is 2. The van der Waals surface area contributed by atoms with Crippen LogP contribution in [0.15, 0.2) is 42.5 Å². The van der Waals surface area contributed by atoms with Crippen LogP contribution < -0.4 is 15.0 Å². The van der Waals surface area contributed by atoms with Crippen LogP contribution in [0, 0.1) is 0 Å². The van der Waals surface area contributed by atoms with E-state index in [9.17, 15) is 4.79 Å². The van der Waals surface area contributed by atoms with Crippen LogP contribution in [0.2, 0.25) is 0 Å². The lowest BCUT2D eigenvalue weighted by molar-refractivity contribution is 0.236. The van der Waals surface area contributed by atoms with Gasteiger partial charge in [-0.2, -0.15) is 0 Å². The highest BCUT2D eigenvalue weighted by Gasteiger charge is 2.40. The van der Waals surface area contributed by atoms with Gasteiger partial charge in [-0.3, -0.25) is 4.90 Å². The van der Waals surface area contributed by atoms with Crippen molar-refractivity contribution in [2.45, 2.75) is 38.8 Å². The van der Waals surface area contributed by atoms with E-state index in [0.29, 0.717) is 6.61 Å². The van der Waals surface area contributed by atoms with Gasteiger partial charge in [0.25, 0.3) is 0 Å². The maximum absolute atomic E-state index is 13.0. The van der Waals surface area contributed by atoms with E-state index in [-0.39, 0.29) is 17.6 Å². The highest BCUT2D eigenvalue weighted by atomic mass is 16.5. The number of ether oxygens (including phenoxy) is 1. The monoisotopic (exact) mass is 322 g/mol. The van der Waals surface area contributed by atoms with E-state index in [1.54, 1.807) is 0 Å². The fourth-order valence-electron chi connectivity index (χ4n) is 3.69. The first-order valence-corrected chi connectivity index (χ1v) is 8.41. The maximum Gasteiger partial charge on any atom is 0.323 e. The Kier molecular flexibility index (Phi) is 3.30. The van der Waals surface area contributed by atoms with Gasteiger partial charge in [0.1, 0.15) is 5.75 Å². The molecule has 0 bridgehead atoms. The largest absolute Gasteiger partial charge is 0.493 e. The Morgan fingerprint density at radius 1 is 1.12 bits per heavy atom. The molecule has 2 aromatic rings. The number of nitrogens with one attached hydrogen (secondary N) is 1. The molecule has 1 unspecified atom stereocenters. The Hall–Kier alpha value is -2.49. The standard InChI is InChI=1S/C20H22N2O2/c1-20(2,3)22-18-14-11-12-24-16(14)10-9-15(18)17(21-19(22)23)13-7-5-4-6-8-13/h4-10,17H,11-12H2,1-3H3,(H,21,23). The van der Waals surface area contributed by atoms with Gasteiger partial charge in [-0.15, -0.1) is 0 Å². The molecule has 2 aliphatic rings. The Morgan fingerprint density at radius 3 is 2.58 bits per heavy atom. The molecule has 0 aliphatic carbocycles. The quantitative estimate of drug-likeness (QED) is 0.861. The Morgan fingerprint density at radius 2 is 1.88 bits per heavy atom. The first-order valence-electron chi connectivity index (χ1n) is 8.41. The normalized spacial score (nSPS) is 19.4. The molecule has 1 atom stereocenters. The van der Waals surface area contributed by atoms with E-state index in [0.717, 1.165) is 34.5 Å². The molecular formula is C20H22N2O2. The number of carbonyl (C=O) groups is 1. The van der Waals surface area contributed by atoms with Crippen LogP contribution in [0.25, 0.3) is 0 Å². The number of urea groups is 1. The lowest BCUT2D eigenvalue weighted by atomic mass is 9.89. The summed E-state index contributed by atoms with van der Waals surface area (Å²) in [7, 11) is 0. The molecule has 4 rings (SSSR count). The van der Waals surface area contributed by atoms with Gasteiger partial charge in [0, 0.05) is 23.1 Å². The maximum atomic E-state index is 13.0. The number of anilines is 1. The van der Waals surface area contributed by atoms with E-state index >= 15 is 0 Å². The van der Waals surface area contributed by atoms with Gasteiger partial charge in [0.2, 0.25) is 0 Å². The Labute approximate surface area is 142 Å². The number of rotatable bonds is 1. The van der Waals surface area contributed by atoms with Gasteiger partial charge in [-0.1, -0.05) is 36.4 Å². The number of nitrogens with zero attached hydrogens (tertiary/aromatic N) is 1. The van der Waals surface area contributed by atoms with Crippen LogP contribution in [0.3, 0.4) is 0 Å². The van der Waals surface area contributed by atoms with Crippen LogP contribution in [0.5, 0.6) is 5.75 Å². The SMILES string of the molecule is CC(C)(C)N1C(=O)NC(c2ccccc2)c2ccc3c(c21)CCO3. The van der Waals surface area contributed by atoms with Gasteiger partial charge in [-0.25, -0.2) is 4.79 Å². The van der Waals surface area contributed by atoms with Crippen LogP contribution in [0.1, 0.15) is 43.5 Å². The molecule has 2 aliphatic heterocycles. The molecule has 4 heteroatoms. The van der Waals surface area contributed by atoms with Gasteiger partial charge >= 0.3 is 6.03 Å². The zero-order valence-corrected chi connectivity index (χ0v) is 14.3. The number of hydrogen-bond donors (Lipinski definition) is 1. The van der Waals surface area contributed by atoms with E-state index in [4.69, 9.17) is 4.74 Å². The second-order valence-corrected chi connectivity index (χ2v) is 7.38. The molecular weight excluding hydrogens is 300 g/mol. The molecule has 2 heterocycles. The predicted molar refractivity (Wildman–Crippen MR) is 94.7 cm³/mol. The topological polar surface area (TPSA) is 41.6 Å². The van der Waals surface area contributed by atoms with Gasteiger partial charge in [-0.05, 0) is 32.4 Å². The van der Waals surface area contributed by atoms with E-state index in [1.165, 1.54) is 0 Å². The van der Waals surface area contributed by atoms with Crippen molar-refractivity contribution < 1.29 is 9.53 Å². The molecule has 0 aromatic heterocycles. The van der Waals surface area contributed by atoms with Crippen molar-refractivity contribution in [1.29, 1.82) is 0 Å². The summed E-state index contributed by atoms with van der Waals surface area (Å²) in [5.41, 5.74) is 4.10. The van der Waals surface area contributed by atoms with Crippen molar-refractivity contribution in [3.63, 3.8) is 0 Å².